The number of nitrogens with zero attached hydrogens (tertiary/aromatic N) is 2. The van der Waals surface area contributed by atoms with E-state index >= 15 is 0 Å². The number of hydrogen-bond donors (Lipinski definition) is 1. The van der Waals surface area contributed by atoms with Crippen LogP contribution in [0.15, 0.2) is 39.9 Å². The standard InChI is InChI=1S/C21H24ClN3O4S2/c22-16-7-8-17(21(27)24-9-1-2-10-24)18(13-16)23-20(26)15-5-3-11-25(14-15)31(28,29)19-6-4-12-30-19/h4,6-8,12-13,15H,1-3,5,9-11,14H2,(H,23,26). The lowest BCUT2D eigenvalue weighted by molar-refractivity contribution is -0.120. The van der Waals surface area contributed by atoms with Gasteiger partial charge in [-0.3, -0.25) is 9.59 Å². The highest BCUT2D eigenvalue weighted by atomic mass is 35.5. The zero-order valence-electron chi connectivity index (χ0n) is 16.9. The molecule has 166 valence electrons. The second-order valence-electron chi connectivity index (χ2n) is 7.81. The fraction of sp³-hybridized carbons (Fsp3) is 0.429. The minimum Gasteiger partial charge on any atom is -0.339 e. The highest BCUT2D eigenvalue weighted by Crippen LogP contribution is 2.29. The summed E-state index contributed by atoms with van der Waals surface area (Å²) in [7, 11) is -3.61. The van der Waals surface area contributed by atoms with Crippen LogP contribution in [-0.2, 0) is 14.8 Å². The molecule has 2 aliphatic rings. The zero-order chi connectivity index (χ0) is 22.0. The molecule has 0 bridgehead atoms. The zero-order valence-corrected chi connectivity index (χ0v) is 19.3. The number of rotatable bonds is 5. The number of halogens is 1. The van der Waals surface area contributed by atoms with Crippen molar-refractivity contribution in [2.75, 3.05) is 31.5 Å². The number of anilines is 1. The molecule has 0 aliphatic carbocycles. The average molecular weight is 482 g/mol. The number of likely N-dealkylation sites (tertiary alicyclic amines) is 1. The summed E-state index contributed by atoms with van der Waals surface area (Å²) in [5.74, 6) is -0.934. The number of carbonyl (C=O) groups excluding carboxylic acids is 2. The second-order valence-corrected chi connectivity index (χ2v) is 11.4. The Labute approximate surface area is 191 Å². The van der Waals surface area contributed by atoms with Crippen molar-refractivity contribution in [3.8, 4) is 0 Å². The Morgan fingerprint density at radius 2 is 1.87 bits per heavy atom. The van der Waals surface area contributed by atoms with Crippen LogP contribution in [0.3, 0.4) is 0 Å². The van der Waals surface area contributed by atoms with E-state index in [1.165, 1.54) is 15.6 Å². The van der Waals surface area contributed by atoms with Crippen molar-refractivity contribution in [1.29, 1.82) is 0 Å². The first-order valence-corrected chi connectivity index (χ1v) is 13.0. The van der Waals surface area contributed by atoms with Crippen LogP contribution >= 0.6 is 22.9 Å². The minimum absolute atomic E-state index is 0.113. The van der Waals surface area contributed by atoms with Gasteiger partial charge in [-0.2, -0.15) is 4.31 Å². The number of hydrogen-bond acceptors (Lipinski definition) is 5. The van der Waals surface area contributed by atoms with Crippen molar-refractivity contribution in [1.82, 2.24) is 9.21 Å². The van der Waals surface area contributed by atoms with Crippen molar-refractivity contribution in [3.63, 3.8) is 0 Å². The highest BCUT2D eigenvalue weighted by molar-refractivity contribution is 7.91. The summed E-state index contributed by atoms with van der Waals surface area (Å²) < 4.78 is 27.3. The van der Waals surface area contributed by atoms with Gasteiger partial charge in [0.15, 0.2) is 0 Å². The first-order valence-electron chi connectivity index (χ1n) is 10.3. The summed E-state index contributed by atoms with van der Waals surface area (Å²) >= 11 is 7.30. The summed E-state index contributed by atoms with van der Waals surface area (Å²) in [5, 5.41) is 4.98. The van der Waals surface area contributed by atoms with Crippen molar-refractivity contribution < 1.29 is 18.0 Å². The van der Waals surface area contributed by atoms with E-state index in [4.69, 9.17) is 11.6 Å². The third-order valence-electron chi connectivity index (χ3n) is 5.71. The first kappa shape index (κ1) is 22.3. The molecule has 0 spiro atoms. The van der Waals surface area contributed by atoms with Crippen LogP contribution in [0.1, 0.15) is 36.0 Å². The van der Waals surface area contributed by atoms with Crippen molar-refractivity contribution in [3.05, 3.63) is 46.3 Å². The molecule has 31 heavy (non-hydrogen) atoms. The molecule has 1 unspecified atom stereocenters. The molecule has 7 nitrogen and oxygen atoms in total. The summed E-state index contributed by atoms with van der Waals surface area (Å²) in [4.78, 5) is 27.7. The molecule has 0 radical (unpaired) electrons. The maximum Gasteiger partial charge on any atom is 0.255 e. The minimum atomic E-state index is -3.61. The van der Waals surface area contributed by atoms with Gasteiger partial charge < -0.3 is 10.2 Å². The molecule has 2 saturated heterocycles. The Morgan fingerprint density at radius 3 is 2.58 bits per heavy atom. The maximum atomic E-state index is 13.0. The predicted octanol–water partition coefficient (Wildman–Crippen LogP) is 3.68. The van der Waals surface area contributed by atoms with Gasteiger partial charge in [0, 0.05) is 31.2 Å². The number of nitrogens with one attached hydrogen (secondary N) is 1. The largest absolute Gasteiger partial charge is 0.339 e. The fourth-order valence-electron chi connectivity index (χ4n) is 4.04. The number of carbonyl (C=O) groups is 2. The van der Waals surface area contributed by atoms with E-state index in [0.29, 0.717) is 48.7 Å². The third-order valence-corrected chi connectivity index (χ3v) is 9.18. The molecule has 1 aromatic carbocycles. The molecule has 4 rings (SSSR count). The van der Waals surface area contributed by atoms with Crippen LogP contribution < -0.4 is 5.32 Å². The molecular formula is C21H24ClN3O4S2. The molecule has 2 fully saturated rings. The highest BCUT2D eigenvalue weighted by Gasteiger charge is 2.34. The third kappa shape index (κ3) is 4.79. The van der Waals surface area contributed by atoms with Crippen molar-refractivity contribution in [2.45, 2.75) is 29.9 Å². The summed E-state index contributed by atoms with van der Waals surface area (Å²) in [5.41, 5.74) is 0.770. The molecule has 3 heterocycles. The second kappa shape index (κ2) is 9.28. The lowest BCUT2D eigenvalue weighted by atomic mass is 9.98. The fourth-order valence-corrected chi connectivity index (χ4v) is 6.88. The normalized spacial score (nSPS) is 20.0. The lowest BCUT2D eigenvalue weighted by Gasteiger charge is -2.31. The van der Waals surface area contributed by atoms with Crippen molar-refractivity contribution in [2.24, 2.45) is 5.92 Å². The quantitative estimate of drug-likeness (QED) is 0.705. The van der Waals surface area contributed by atoms with Gasteiger partial charge in [0.25, 0.3) is 15.9 Å². The van der Waals surface area contributed by atoms with E-state index in [2.05, 4.69) is 5.32 Å². The summed E-state index contributed by atoms with van der Waals surface area (Å²) in [6.45, 7) is 1.90. The van der Waals surface area contributed by atoms with Gasteiger partial charge in [-0.1, -0.05) is 17.7 Å². The Bertz CT molecular complexity index is 1070. The Kier molecular flexibility index (Phi) is 6.66. The van der Waals surface area contributed by atoms with E-state index in [0.717, 1.165) is 12.8 Å². The van der Waals surface area contributed by atoms with E-state index < -0.39 is 15.9 Å². The molecule has 2 aliphatic heterocycles. The number of piperidine rings is 1. The van der Waals surface area contributed by atoms with E-state index in [-0.39, 0.29) is 22.6 Å². The number of thiophene rings is 1. The van der Waals surface area contributed by atoms with E-state index in [9.17, 15) is 18.0 Å². The van der Waals surface area contributed by atoms with Crippen LogP contribution in [0.5, 0.6) is 0 Å². The predicted molar refractivity (Wildman–Crippen MR) is 121 cm³/mol. The molecule has 2 amide bonds. The molecule has 1 N–H and O–H groups in total. The van der Waals surface area contributed by atoms with Crippen LogP contribution in [0.25, 0.3) is 0 Å². The van der Waals surface area contributed by atoms with Crippen LogP contribution in [0.2, 0.25) is 5.02 Å². The molecule has 1 atom stereocenters. The van der Waals surface area contributed by atoms with Crippen LogP contribution in [0, 0.1) is 5.92 Å². The van der Waals surface area contributed by atoms with E-state index in [1.54, 1.807) is 40.6 Å². The van der Waals surface area contributed by atoms with Gasteiger partial charge in [0.2, 0.25) is 5.91 Å². The van der Waals surface area contributed by atoms with Gasteiger partial charge in [-0.05, 0) is 55.3 Å². The maximum absolute atomic E-state index is 13.0. The van der Waals surface area contributed by atoms with Gasteiger partial charge >= 0.3 is 0 Å². The molecule has 2 aromatic rings. The molecule has 1 aromatic heterocycles. The van der Waals surface area contributed by atoms with Gasteiger partial charge in [0.1, 0.15) is 4.21 Å². The smallest absolute Gasteiger partial charge is 0.255 e. The monoisotopic (exact) mass is 481 g/mol. The van der Waals surface area contributed by atoms with Gasteiger partial charge in [-0.25, -0.2) is 8.42 Å². The summed E-state index contributed by atoms with van der Waals surface area (Å²) in [6.07, 6.45) is 3.12. The van der Waals surface area contributed by atoms with Crippen LogP contribution in [-0.4, -0.2) is 55.6 Å². The Hall–Kier alpha value is -1.94. The molecular weight excluding hydrogens is 458 g/mol. The van der Waals surface area contributed by atoms with E-state index in [1.807, 2.05) is 0 Å². The number of sulfonamides is 1. The number of benzene rings is 1. The van der Waals surface area contributed by atoms with Crippen molar-refractivity contribution >= 4 is 50.5 Å². The van der Waals surface area contributed by atoms with Crippen LogP contribution in [0.4, 0.5) is 5.69 Å². The molecule has 0 saturated carbocycles. The number of amides is 2. The average Bonchev–Trinajstić information content (AvgIpc) is 3.48. The topological polar surface area (TPSA) is 86.8 Å². The first-order chi connectivity index (χ1) is 14.9. The lowest BCUT2D eigenvalue weighted by Crippen LogP contribution is -2.43. The van der Waals surface area contributed by atoms with Gasteiger partial charge in [-0.15, -0.1) is 11.3 Å². The Balaban J connectivity index is 1.50. The summed E-state index contributed by atoms with van der Waals surface area (Å²) in [6, 6.07) is 8.12. The SMILES string of the molecule is O=C(Nc1cc(Cl)ccc1C(=O)N1CCCC1)C1CCCN(S(=O)(=O)c2cccs2)C1. The Morgan fingerprint density at radius 1 is 1.10 bits per heavy atom. The van der Waals surface area contributed by atoms with Gasteiger partial charge in [0.05, 0.1) is 17.2 Å². The molecule has 10 heteroatoms.